The quantitative estimate of drug-likeness (QED) is 0.146. The Morgan fingerprint density at radius 3 is 1.63 bits per heavy atom. The van der Waals surface area contributed by atoms with Crippen LogP contribution < -0.4 is 0 Å². The molecule has 0 nitrogen and oxygen atoms in total. The highest BCUT2D eigenvalue weighted by Crippen LogP contribution is 2.48. The Morgan fingerprint density at radius 2 is 0.884 bits per heavy atom. The predicted octanol–water partition coefficient (Wildman–Crippen LogP) is 12.6. The highest BCUT2D eigenvalue weighted by Gasteiger charge is 2.20. The summed E-state index contributed by atoms with van der Waals surface area (Å²) in [5, 5.41) is 15.8. The van der Waals surface area contributed by atoms with Gasteiger partial charge in [0.25, 0.3) is 0 Å². The highest BCUT2D eigenvalue weighted by molar-refractivity contribution is 7.25. The maximum Gasteiger partial charge on any atom is 0.0361 e. The molecule has 1 heteroatoms. The summed E-state index contributed by atoms with van der Waals surface area (Å²) in [5.41, 5.74) is 5.20. The molecule has 0 fully saturated rings. The number of rotatable bonds is 2. The number of thiophene rings is 1. The van der Waals surface area contributed by atoms with Crippen LogP contribution in [0.1, 0.15) is 0 Å². The van der Waals surface area contributed by atoms with Crippen LogP contribution in [0.15, 0.2) is 146 Å². The maximum absolute atomic E-state index is 2.43. The van der Waals surface area contributed by atoms with Crippen LogP contribution in [-0.2, 0) is 0 Å². The minimum absolute atomic E-state index is 1.27. The smallest absolute Gasteiger partial charge is 0.0361 e. The molecule has 0 aliphatic carbocycles. The van der Waals surface area contributed by atoms with Crippen molar-refractivity contribution in [3.05, 3.63) is 146 Å². The van der Waals surface area contributed by atoms with Crippen LogP contribution in [0.3, 0.4) is 0 Å². The van der Waals surface area contributed by atoms with E-state index in [1.165, 1.54) is 96.3 Å². The molecule has 0 unspecified atom stereocenters. The van der Waals surface area contributed by atoms with E-state index in [4.69, 9.17) is 0 Å². The molecule has 0 saturated heterocycles. The zero-order chi connectivity index (χ0) is 28.1. The molecule has 0 radical (unpaired) electrons. The lowest BCUT2D eigenvalue weighted by Gasteiger charge is -2.20. The van der Waals surface area contributed by atoms with Crippen LogP contribution >= 0.6 is 11.3 Å². The third-order valence-corrected chi connectivity index (χ3v) is 10.5. The van der Waals surface area contributed by atoms with Crippen molar-refractivity contribution in [3.63, 3.8) is 0 Å². The zero-order valence-electron chi connectivity index (χ0n) is 23.3. The predicted molar refractivity (Wildman–Crippen MR) is 189 cm³/mol. The van der Waals surface area contributed by atoms with Gasteiger partial charge < -0.3 is 0 Å². The molecular weight excluding hydrogens is 537 g/mol. The molecule has 0 aliphatic rings. The Bertz CT molecular complexity index is 2670. The van der Waals surface area contributed by atoms with Crippen molar-refractivity contribution in [2.45, 2.75) is 0 Å². The molecule has 0 aliphatic heterocycles. The fourth-order valence-corrected chi connectivity index (χ4v) is 8.73. The van der Waals surface area contributed by atoms with Crippen molar-refractivity contribution in [2.24, 2.45) is 0 Å². The molecule has 10 aromatic rings. The summed E-state index contributed by atoms with van der Waals surface area (Å²) in [5.74, 6) is 0. The molecule has 198 valence electrons. The first-order valence-electron chi connectivity index (χ1n) is 14.9. The van der Waals surface area contributed by atoms with Gasteiger partial charge in [-0.15, -0.1) is 11.3 Å². The number of hydrogen-bond donors (Lipinski definition) is 0. The molecule has 10 rings (SSSR count). The molecule has 0 amide bonds. The molecular formula is C42H24S. The van der Waals surface area contributed by atoms with Crippen LogP contribution in [-0.4, -0.2) is 0 Å². The standard InChI is InChI=1S/C42H24S/c1-3-15-33-31(13-1)40(28-21-22-30-29-12-5-6-18-37(29)43-38(30)24-28)32-14-2-4-16-34(32)42(33)36-23-27-11-7-9-25-19-20-26-10-8-17-35(36)41(26)39(25)27/h1-24H. The van der Waals surface area contributed by atoms with E-state index in [1.54, 1.807) is 0 Å². The fourth-order valence-electron chi connectivity index (χ4n) is 7.58. The third-order valence-electron chi connectivity index (χ3n) is 9.38. The minimum Gasteiger partial charge on any atom is -0.135 e. The topological polar surface area (TPSA) is 0 Å². The molecule has 0 spiro atoms. The van der Waals surface area contributed by atoms with Crippen molar-refractivity contribution >= 4 is 85.4 Å². The van der Waals surface area contributed by atoms with E-state index in [-0.39, 0.29) is 0 Å². The minimum atomic E-state index is 1.27. The van der Waals surface area contributed by atoms with E-state index < -0.39 is 0 Å². The summed E-state index contributed by atoms with van der Waals surface area (Å²) in [4.78, 5) is 0. The van der Waals surface area contributed by atoms with Crippen LogP contribution in [0.4, 0.5) is 0 Å². The molecule has 9 aromatic carbocycles. The van der Waals surface area contributed by atoms with E-state index in [1.807, 2.05) is 11.3 Å². The second kappa shape index (κ2) is 8.64. The molecule has 43 heavy (non-hydrogen) atoms. The molecule has 0 saturated carbocycles. The fraction of sp³-hybridized carbons (Fsp3) is 0. The van der Waals surface area contributed by atoms with Crippen LogP contribution in [0, 0.1) is 0 Å². The average molecular weight is 561 g/mol. The summed E-state index contributed by atoms with van der Waals surface area (Å²) < 4.78 is 2.68. The van der Waals surface area contributed by atoms with Crippen molar-refractivity contribution < 1.29 is 0 Å². The first-order valence-corrected chi connectivity index (χ1v) is 15.7. The van der Waals surface area contributed by atoms with Crippen molar-refractivity contribution in [3.8, 4) is 22.3 Å². The first kappa shape index (κ1) is 23.3. The van der Waals surface area contributed by atoms with Crippen molar-refractivity contribution in [1.29, 1.82) is 0 Å². The van der Waals surface area contributed by atoms with Gasteiger partial charge in [-0.3, -0.25) is 0 Å². The van der Waals surface area contributed by atoms with Gasteiger partial charge in [-0.2, -0.15) is 0 Å². The molecule has 0 bridgehead atoms. The number of benzene rings is 9. The van der Waals surface area contributed by atoms with Gasteiger partial charge >= 0.3 is 0 Å². The second-order valence-corrected chi connectivity index (χ2v) is 12.7. The largest absolute Gasteiger partial charge is 0.135 e. The monoisotopic (exact) mass is 560 g/mol. The summed E-state index contributed by atoms with van der Waals surface area (Å²) >= 11 is 1.89. The summed E-state index contributed by atoms with van der Waals surface area (Å²) in [7, 11) is 0. The Labute approximate surface area is 252 Å². The summed E-state index contributed by atoms with van der Waals surface area (Å²) in [6.07, 6.45) is 0. The number of hydrogen-bond acceptors (Lipinski definition) is 1. The van der Waals surface area contributed by atoms with Gasteiger partial charge in [-0.1, -0.05) is 127 Å². The lowest BCUT2D eigenvalue weighted by molar-refractivity contribution is 1.70. The van der Waals surface area contributed by atoms with Gasteiger partial charge in [0.2, 0.25) is 0 Å². The van der Waals surface area contributed by atoms with Gasteiger partial charge in [-0.25, -0.2) is 0 Å². The van der Waals surface area contributed by atoms with E-state index in [2.05, 4.69) is 146 Å². The normalized spacial score (nSPS) is 12.2. The van der Waals surface area contributed by atoms with Gasteiger partial charge in [0.15, 0.2) is 0 Å². The van der Waals surface area contributed by atoms with Gasteiger partial charge in [-0.05, 0) is 94.3 Å². The lowest BCUT2D eigenvalue weighted by Crippen LogP contribution is -1.93. The molecule has 0 N–H and O–H groups in total. The number of fused-ring (bicyclic) bond motifs is 5. The maximum atomic E-state index is 2.43. The van der Waals surface area contributed by atoms with Crippen LogP contribution in [0.25, 0.3) is 96.3 Å². The van der Waals surface area contributed by atoms with Crippen LogP contribution in [0.5, 0.6) is 0 Å². The van der Waals surface area contributed by atoms with Gasteiger partial charge in [0.1, 0.15) is 0 Å². The summed E-state index contributed by atoms with van der Waals surface area (Å²) in [6, 6.07) is 54.3. The van der Waals surface area contributed by atoms with E-state index in [9.17, 15) is 0 Å². The second-order valence-electron chi connectivity index (χ2n) is 11.6. The molecule has 0 atom stereocenters. The van der Waals surface area contributed by atoms with Gasteiger partial charge in [0, 0.05) is 20.2 Å². The van der Waals surface area contributed by atoms with E-state index >= 15 is 0 Å². The third kappa shape index (κ3) is 3.20. The molecule has 1 aromatic heterocycles. The van der Waals surface area contributed by atoms with E-state index in [0.29, 0.717) is 0 Å². The van der Waals surface area contributed by atoms with Crippen LogP contribution in [0.2, 0.25) is 0 Å². The van der Waals surface area contributed by atoms with E-state index in [0.717, 1.165) is 0 Å². The Hall–Kier alpha value is -5.24. The molecule has 1 heterocycles. The van der Waals surface area contributed by atoms with Crippen molar-refractivity contribution in [1.82, 2.24) is 0 Å². The zero-order valence-corrected chi connectivity index (χ0v) is 24.1. The van der Waals surface area contributed by atoms with Gasteiger partial charge in [0.05, 0.1) is 0 Å². The Kier molecular flexibility index (Phi) is 4.69. The Balaban J connectivity index is 1.35. The SMILES string of the molecule is c1cc2ccc3cccc4c(-c5c6ccccc6c(-c6ccc7c(c6)sc6ccccc67)c6ccccc56)cc(c1)c2c34. The highest BCUT2D eigenvalue weighted by atomic mass is 32.1. The average Bonchev–Trinajstić information content (AvgIpc) is 3.44. The Morgan fingerprint density at radius 1 is 0.326 bits per heavy atom. The first-order chi connectivity index (χ1) is 21.3. The van der Waals surface area contributed by atoms with Crippen molar-refractivity contribution in [2.75, 3.05) is 0 Å². The lowest BCUT2D eigenvalue weighted by atomic mass is 9.83. The summed E-state index contributed by atoms with van der Waals surface area (Å²) in [6.45, 7) is 0.